The number of carbonyl (C=O) groups is 2. The molecule has 0 aliphatic carbocycles. The van der Waals surface area contributed by atoms with Crippen LogP contribution in [0.2, 0.25) is 0 Å². The molecule has 0 rings (SSSR count). The molecule has 7 heteroatoms. The van der Waals surface area contributed by atoms with Gasteiger partial charge in [-0.3, -0.25) is 4.79 Å². The number of allylic oxidation sites excluding steroid dienone is 5. The highest BCUT2D eigenvalue weighted by molar-refractivity contribution is 7.99. The molecular weight excluding hydrogens is 410 g/mol. The molecule has 0 heterocycles. The molecule has 6 nitrogen and oxygen atoms in total. The number of ether oxygens (including phenoxy) is 1. The smallest absolute Gasteiger partial charge is 0.408 e. The minimum atomic E-state index is -0.809. The predicted octanol–water partition coefficient (Wildman–Crippen LogP) is 5.90. The summed E-state index contributed by atoms with van der Waals surface area (Å²) in [5, 5.41) is 2.55. The lowest BCUT2D eigenvalue weighted by Gasteiger charge is -2.21. The summed E-state index contributed by atoms with van der Waals surface area (Å²) in [6, 6.07) is -0.809. The molecule has 0 saturated heterocycles. The quantitative estimate of drug-likeness (QED) is 0.124. The van der Waals surface area contributed by atoms with Gasteiger partial charge in [-0.25, -0.2) is 4.79 Å². The fourth-order valence-electron chi connectivity index (χ4n) is 2.52. The normalized spacial score (nSPS) is 13.1. The van der Waals surface area contributed by atoms with Crippen LogP contribution in [0.25, 0.3) is 5.53 Å². The molecule has 0 aromatic heterocycles. The average molecular weight is 450 g/mol. The van der Waals surface area contributed by atoms with Gasteiger partial charge in [0, 0.05) is 11.5 Å². The largest absolute Gasteiger partial charge is 0.444 e. The van der Waals surface area contributed by atoms with Gasteiger partial charge in [-0.2, -0.15) is 16.6 Å². The van der Waals surface area contributed by atoms with Gasteiger partial charge in [-0.1, -0.05) is 34.9 Å². The van der Waals surface area contributed by atoms with Crippen molar-refractivity contribution in [1.29, 1.82) is 0 Å². The van der Waals surface area contributed by atoms with Crippen molar-refractivity contribution in [2.75, 3.05) is 11.5 Å². The molecule has 0 bridgehead atoms. The second-order valence-electron chi connectivity index (χ2n) is 8.84. The van der Waals surface area contributed by atoms with E-state index >= 15 is 0 Å². The van der Waals surface area contributed by atoms with Crippen LogP contribution in [0.15, 0.2) is 34.9 Å². The number of carbonyl (C=O) groups excluding carboxylic acids is 2. The van der Waals surface area contributed by atoms with Crippen molar-refractivity contribution in [3.05, 3.63) is 40.5 Å². The van der Waals surface area contributed by atoms with Gasteiger partial charge in [0.2, 0.25) is 0 Å². The van der Waals surface area contributed by atoms with E-state index in [0.717, 1.165) is 37.7 Å². The van der Waals surface area contributed by atoms with E-state index in [0.29, 0.717) is 5.75 Å². The Morgan fingerprint density at radius 2 is 1.61 bits per heavy atom. The topological polar surface area (TPSA) is 91.8 Å². The molecular formula is C24H39N3O3S. The van der Waals surface area contributed by atoms with Crippen LogP contribution < -0.4 is 5.32 Å². The molecule has 0 fully saturated rings. The fourth-order valence-corrected chi connectivity index (χ4v) is 3.54. The Labute approximate surface area is 192 Å². The van der Waals surface area contributed by atoms with E-state index in [9.17, 15) is 9.59 Å². The zero-order chi connectivity index (χ0) is 23.9. The van der Waals surface area contributed by atoms with E-state index < -0.39 is 23.5 Å². The van der Waals surface area contributed by atoms with Crippen LogP contribution in [0.1, 0.15) is 74.1 Å². The standard InChI is InChI=1S/C24H39N3O3S/c1-18(2)10-8-11-19(3)12-9-13-20(4)14-15-31-17-21(22(28)16-26-25)27-23(29)30-24(5,6)7/h10,12,14,16,21H,8-9,11,13,15,17H2,1-7H3,(H,27,29)/b19-12+,20-14+/t21-/m0/s1. The highest BCUT2D eigenvalue weighted by atomic mass is 32.2. The van der Waals surface area contributed by atoms with Crippen LogP contribution in [0.4, 0.5) is 4.79 Å². The maximum Gasteiger partial charge on any atom is 0.408 e. The van der Waals surface area contributed by atoms with Gasteiger partial charge in [0.15, 0.2) is 0 Å². The molecule has 1 N–H and O–H groups in total. The molecule has 0 aliphatic heterocycles. The average Bonchev–Trinajstić information content (AvgIpc) is 2.62. The number of ketones is 1. The zero-order valence-corrected chi connectivity index (χ0v) is 21.0. The fraction of sp³-hybridized carbons (Fsp3) is 0.625. The van der Waals surface area contributed by atoms with Crippen molar-refractivity contribution >= 4 is 29.9 Å². The molecule has 1 amide bonds. The van der Waals surface area contributed by atoms with E-state index in [4.69, 9.17) is 10.3 Å². The SMILES string of the molecule is CC(C)=CCC/C(C)=C/CC/C(C)=C/CSC[C@H](NC(=O)OC(C)(C)C)C(=O)C=[N+]=[N-]. The molecule has 0 aliphatic rings. The summed E-state index contributed by atoms with van der Waals surface area (Å²) in [5.41, 5.74) is 12.0. The first kappa shape index (κ1) is 28.9. The lowest BCUT2D eigenvalue weighted by molar-refractivity contribution is -0.117. The first-order chi connectivity index (χ1) is 14.4. The number of rotatable bonds is 13. The molecule has 1 atom stereocenters. The van der Waals surface area contributed by atoms with Crippen molar-refractivity contribution in [2.24, 2.45) is 0 Å². The minimum Gasteiger partial charge on any atom is -0.444 e. The van der Waals surface area contributed by atoms with E-state index in [1.807, 2.05) is 0 Å². The van der Waals surface area contributed by atoms with Gasteiger partial charge in [0.25, 0.3) is 5.78 Å². The summed E-state index contributed by atoms with van der Waals surface area (Å²) in [4.78, 5) is 26.8. The number of hydrogen-bond donors (Lipinski definition) is 1. The van der Waals surface area contributed by atoms with Crippen molar-refractivity contribution in [3.63, 3.8) is 0 Å². The first-order valence-electron chi connectivity index (χ1n) is 10.7. The molecule has 31 heavy (non-hydrogen) atoms. The Hall–Kier alpha value is -2.11. The van der Waals surface area contributed by atoms with Crippen molar-refractivity contribution in [1.82, 2.24) is 5.32 Å². The van der Waals surface area contributed by atoms with E-state index in [1.165, 1.54) is 28.5 Å². The third kappa shape index (κ3) is 17.3. The summed E-state index contributed by atoms with van der Waals surface area (Å²) in [7, 11) is 0. The van der Waals surface area contributed by atoms with Crippen LogP contribution in [-0.4, -0.2) is 46.0 Å². The van der Waals surface area contributed by atoms with Crippen LogP contribution in [0.3, 0.4) is 0 Å². The molecule has 0 aromatic carbocycles. The number of nitrogens with one attached hydrogen (secondary N) is 1. The number of amides is 1. The predicted molar refractivity (Wildman–Crippen MR) is 131 cm³/mol. The lowest BCUT2D eigenvalue weighted by atomic mass is 10.1. The molecule has 0 spiro atoms. The van der Waals surface area contributed by atoms with Gasteiger partial charge in [-0.15, -0.1) is 0 Å². The Morgan fingerprint density at radius 3 is 2.16 bits per heavy atom. The number of nitrogens with zero attached hydrogens (tertiary/aromatic N) is 2. The van der Waals surface area contributed by atoms with Gasteiger partial charge in [0.05, 0.1) is 0 Å². The van der Waals surface area contributed by atoms with Gasteiger partial charge >= 0.3 is 12.3 Å². The second kappa shape index (κ2) is 15.7. The van der Waals surface area contributed by atoms with Crippen LogP contribution in [0, 0.1) is 0 Å². The number of hydrogen-bond acceptors (Lipinski definition) is 4. The van der Waals surface area contributed by atoms with Crippen LogP contribution >= 0.6 is 11.8 Å². The molecule has 0 radical (unpaired) electrons. The highest BCUT2D eigenvalue weighted by Crippen LogP contribution is 2.13. The molecule has 0 unspecified atom stereocenters. The van der Waals surface area contributed by atoms with E-state index in [2.05, 4.69) is 56.0 Å². The lowest BCUT2D eigenvalue weighted by Crippen LogP contribution is -2.45. The molecule has 0 aromatic rings. The summed E-state index contributed by atoms with van der Waals surface area (Å²) in [6.45, 7) is 13.8. The second-order valence-corrected chi connectivity index (χ2v) is 9.92. The number of thioether (sulfide) groups is 1. The maximum atomic E-state index is 12.1. The van der Waals surface area contributed by atoms with Crippen LogP contribution in [0.5, 0.6) is 0 Å². The summed E-state index contributed by atoms with van der Waals surface area (Å²) >= 11 is 1.52. The van der Waals surface area contributed by atoms with Gasteiger partial charge in [0.1, 0.15) is 11.6 Å². The number of Topliss-reactive ketones (excluding diaryl/α,β-unsaturated/α-hetero) is 1. The molecule has 0 saturated carbocycles. The third-order valence-electron chi connectivity index (χ3n) is 4.18. The zero-order valence-electron chi connectivity index (χ0n) is 20.2. The van der Waals surface area contributed by atoms with E-state index in [1.54, 1.807) is 20.8 Å². The van der Waals surface area contributed by atoms with Crippen molar-refractivity contribution in [3.8, 4) is 0 Å². The summed E-state index contributed by atoms with van der Waals surface area (Å²) < 4.78 is 5.20. The first-order valence-corrected chi connectivity index (χ1v) is 11.8. The van der Waals surface area contributed by atoms with Gasteiger partial charge in [-0.05, 0) is 74.1 Å². The monoisotopic (exact) mass is 449 g/mol. The minimum absolute atomic E-state index is 0.358. The summed E-state index contributed by atoms with van der Waals surface area (Å²) in [5.74, 6) is 0.609. The Balaban J connectivity index is 4.51. The molecule has 174 valence electrons. The maximum absolute atomic E-state index is 12.1. The van der Waals surface area contributed by atoms with E-state index in [-0.39, 0.29) is 0 Å². The van der Waals surface area contributed by atoms with Crippen LogP contribution in [-0.2, 0) is 9.53 Å². The Bertz CT molecular complexity index is 723. The Kier molecular flexibility index (Phi) is 14.6. The van der Waals surface area contributed by atoms with Crippen molar-refractivity contribution in [2.45, 2.75) is 85.8 Å². The van der Waals surface area contributed by atoms with Gasteiger partial charge < -0.3 is 15.6 Å². The third-order valence-corrected chi connectivity index (χ3v) is 5.15. The Morgan fingerprint density at radius 1 is 1.03 bits per heavy atom. The van der Waals surface area contributed by atoms with Crippen molar-refractivity contribution < 1.29 is 19.1 Å². The summed E-state index contributed by atoms with van der Waals surface area (Å²) in [6.07, 6.45) is 11.0. The number of alkyl carbamates (subject to hydrolysis) is 1. The highest BCUT2D eigenvalue weighted by Gasteiger charge is 2.25.